The molecule has 1 amide bonds. The predicted molar refractivity (Wildman–Crippen MR) is 155 cm³/mol. The Bertz CT molecular complexity index is 1320. The number of carbonyl (C=O) groups is 2. The van der Waals surface area contributed by atoms with Gasteiger partial charge in [0.15, 0.2) is 0 Å². The molecule has 3 unspecified atom stereocenters. The quantitative estimate of drug-likeness (QED) is 0.323. The smallest absolute Gasteiger partial charge is 0.411 e. The first-order chi connectivity index (χ1) is 19.0. The number of nitrogens with zero attached hydrogens (tertiary/aromatic N) is 4. The molecule has 0 saturated carbocycles. The second kappa shape index (κ2) is 13.1. The highest BCUT2D eigenvalue weighted by atomic mass is 16.6. The van der Waals surface area contributed by atoms with Gasteiger partial charge in [0.25, 0.3) is 0 Å². The number of fused-ring (bicyclic) bond motifs is 1. The zero-order chi connectivity index (χ0) is 29.6. The van der Waals surface area contributed by atoms with Crippen molar-refractivity contribution in [2.24, 2.45) is 7.05 Å². The van der Waals surface area contributed by atoms with Crippen LogP contribution in [0.15, 0.2) is 36.4 Å². The zero-order valence-electron chi connectivity index (χ0n) is 24.4. The van der Waals surface area contributed by atoms with Gasteiger partial charge in [-0.3, -0.25) is 9.58 Å². The molecular weight excluding hydrogens is 512 g/mol. The summed E-state index contributed by atoms with van der Waals surface area (Å²) in [6, 6.07) is 10.0. The number of aromatic nitrogens is 3. The van der Waals surface area contributed by atoms with E-state index in [-0.39, 0.29) is 19.0 Å². The molecule has 11 nitrogen and oxygen atoms in total. The second-order valence-electron chi connectivity index (χ2n) is 10.6. The van der Waals surface area contributed by atoms with Crippen molar-refractivity contribution in [3.63, 3.8) is 0 Å². The summed E-state index contributed by atoms with van der Waals surface area (Å²) in [6.45, 7) is 10.1. The summed E-state index contributed by atoms with van der Waals surface area (Å²) in [5, 5.41) is 32.4. The number of ether oxygens (including phenoxy) is 1. The largest absolute Gasteiger partial charge is 0.480 e. The number of aliphatic hydroxyl groups is 1. The van der Waals surface area contributed by atoms with Crippen molar-refractivity contribution in [3.8, 4) is 11.3 Å². The molecule has 3 aromatic rings. The summed E-state index contributed by atoms with van der Waals surface area (Å²) in [5.74, 6) is -0.518. The van der Waals surface area contributed by atoms with Gasteiger partial charge in [0.05, 0.1) is 23.0 Å². The normalized spacial score (nSPS) is 17.8. The number of likely N-dealkylation sites (tertiary alicyclic amines) is 1. The average molecular weight is 555 g/mol. The fourth-order valence-electron chi connectivity index (χ4n) is 4.85. The number of rotatable bonds is 8. The standard InChI is InChI=1S/C27H36N6O5.C2H6/c1-27(2,3)38-26(37)33-15-16(14-20(33)25(35)36)29-22-11-7-9-18(30-22)17-8-6-10-19-23(17)24(32(5)31-19)21(34)12-13-28-4;1-2/h6-11,16,20-21,28,34H,12-15H2,1-5H3,(H,29,30)(H,35,36);1-2H3. The molecule has 1 aliphatic rings. The Labute approximate surface area is 235 Å². The summed E-state index contributed by atoms with van der Waals surface area (Å²) < 4.78 is 7.14. The van der Waals surface area contributed by atoms with Gasteiger partial charge < -0.3 is 25.6 Å². The van der Waals surface area contributed by atoms with Crippen LogP contribution in [0.3, 0.4) is 0 Å². The van der Waals surface area contributed by atoms with E-state index in [9.17, 15) is 19.8 Å². The molecule has 3 heterocycles. The molecule has 0 aliphatic carbocycles. The number of carboxylic acid groups (broad SMARTS) is 1. The number of hydrogen-bond donors (Lipinski definition) is 4. The Kier molecular flexibility index (Phi) is 10.1. The number of anilines is 1. The highest BCUT2D eigenvalue weighted by Crippen LogP contribution is 2.34. The van der Waals surface area contributed by atoms with E-state index in [1.54, 1.807) is 25.5 Å². The SMILES string of the molecule is CC.CNCCC(O)c1c2c(-c3cccc(NC4CC(C(=O)O)N(C(=O)OC(C)(C)C)C4)n3)cccc2nn1C. The van der Waals surface area contributed by atoms with Gasteiger partial charge in [0.1, 0.15) is 17.5 Å². The van der Waals surface area contributed by atoms with Crippen LogP contribution in [0.2, 0.25) is 0 Å². The van der Waals surface area contributed by atoms with Crippen LogP contribution in [0, 0.1) is 0 Å². The molecule has 2 aromatic heterocycles. The number of carboxylic acids is 1. The first-order valence-electron chi connectivity index (χ1n) is 13.7. The van der Waals surface area contributed by atoms with E-state index in [1.165, 1.54) is 4.90 Å². The lowest BCUT2D eigenvalue weighted by Gasteiger charge is -2.26. The van der Waals surface area contributed by atoms with Crippen molar-refractivity contribution >= 4 is 28.8 Å². The Morgan fingerprint density at radius 1 is 1.18 bits per heavy atom. The molecule has 1 aliphatic heterocycles. The van der Waals surface area contributed by atoms with E-state index >= 15 is 0 Å². The van der Waals surface area contributed by atoms with Gasteiger partial charge in [-0.15, -0.1) is 0 Å². The van der Waals surface area contributed by atoms with Crippen molar-refractivity contribution < 1.29 is 24.5 Å². The van der Waals surface area contributed by atoms with Crippen molar-refractivity contribution in [2.75, 3.05) is 25.5 Å². The molecule has 11 heteroatoms. The molecule has 0 spiro atoms. The third-order valence-electron chi connectivity index (χ3n) is 6.48. The summed E-state index contributed by atoms with van der Waals surface area (Å²) >= 11 is 0. The van der Waals surface area contributed by atoms with Crippen LogP contribution < -0.4 is 10.6 Å². The van der Waals surface area contributed by atoms with Gasteiger partial charge >= 0.3 is 12.1 Å². The van der Waals surface area contributed by atoms with E-state index in [1.807, 2.05) is 64.3 Å². The lowest BCUT2D eigenvalue weighted by Crippen LogP contribution is -2.43. The molecule has 40 heavy (non-hydrogen) atoms. The molecule has 1 fully saturated rings. The summed E-state index contributed by atoms with van der Waals surface area (Å²) in [5.41, 5.74) is 2.28. The molecule has 0 bridgehead atoms. The van der Waals surface area contributed by atoms with Crippen LogP contribution >= 0.6 is 0 Å². The maximum Gasteiger partial charge on any atom is 0.411 e. The molecule has 218 valence electrons. The lowest BCUT2D eigenvalue weighted by atomic mass is 10.0. The Morgan fingerprint density at radius 2 is 1.88 bits per heavy atom. The summed E-state index contributed by atoms with van der Waals surface area (Å²) in [7, 11) is 3.67. The minimum absolute atomic E-state index is 0.178. The summed E-state index contributed by atoms with van der Waals surface area (Å²) in [4.78, 5) is 30.6. The molecule has 3 atom stereocenters. The fraction of sp³-hybridized carbons (Fsp3) is 0.517. The van der Waals surface area contributed by atoms with Crippen molar-refractivity contribution in [1.82, 2.24) is 25.0 Å². The molecule has 1 aromatic carbocycles. The average Bonchev–Trinajstić information content (AvgIpc) is 3.48. The third-order valence-corrected chi connectivity index (χ3v) is 6.48. The van der Waals surface area contributed by atoms with Crippen LogP contribution in [0.1, 0.15) is 59.3 Å². The number of pyridine rings is 1. The highest BCUT2D eigenvalue weighted by Gasteiger charge is 2.41. The van der Waals surface area contributed by atoms with Gasteiger partial charge in [-0.1, -0.05) is 32.0 Å². The maximum absolute atomic E-state index is 12.7. The van der Waals surface area contributed by atoms with Crippen molar-refractivity contribution in [3.05, 3.63) is 42.1 Å². The number of carbonyl (C=O) groups excluding carboxylic acids is 1. The maximum atomic E-state index is 12.7. The molecule has 4 rings (SSSR count). The Balaban J connectivity index is 0.00000216. The molecular formula is C29H42N6O5. The monoisotopic (exact) mass is 554 g/mol. The molecule has 4 N–H and O–H groups in total. The number of hydrogen-bond acceptors (Lipinski definition) is 8. The van der Waals surface area contributed by atoms with Gasteiger partial charge in [-0.2, -0.15) is 5.10 Å². The minimum atomic E-state index is -1.07. The number of aliphatic hydroxyl groups excluding tert-OH is 1. The fourth-order valence-corrected chi connectivity index (χ4v) is 4.85. The lowest BCUT2D eigenvalue weighted by molar-refractivity contribution is -0.142. The van der Waals surface area contributed by atoms with Crippen LogP contribution in [-0.2, 0) is 16.6 Å². The van der Waals surface area contributed by atoms with E-state index in [4.69, 9.17) is 9.72 Å². The zero-order valence-corrected chi connectivity index (χ0v) is 24.4. The van der Waals surface area contributed by atoms with Gasteiger partial charge in [-0.05, 0) is 59.0 Å². The van der Waals surface area contributed by atoms with Crippen molar-refractivity contribution in [1.29, 1.82) is 0 Å². The summed E-state index contributed by atoms with van der Waals surface area (Å²) in [6.07, 6.45) is -0.594. The first kappa shape index (κ1) is 30.8. The number of aryl methyl sites for hydroxylation is 1. The first-order valence-corrected chi connectivity index (χ1v) is 13.7. The van der Waals surface area contributed by atoms with Gasteiger partial charge in [0, 0.05) is 37.0 Å². The van der Waals surface area contributed by atoms with Crippen LogP contribution in [-0.4, -0.2) is 79.8 Å². The number of nitrogens with one attached hydrogen (secondary N) is 2. The Hall–Kier alpha value is -3.70. The van der Waals surface area contributed by atoms with E-state index in [0.717, 1.165) is 22.2 Å². The Morgan fingerprint density at radius 3 is 2.52 bits per heavy atom. The predicted octanol–water partition coefficient (Wildman–Crippen LogP) is 4.18. The number of amides is 1. The minimum Gasteiger partial charge on any atom is -0.480 e. The van der Waals surface area contributed by atoms with E-state index < -0.39 is 29.8 Å². The topological polar surface area (TPSA) is 142 Å². The van der Waals surface area contributed by atoms with E-state index in [2.05, 4.69) is 15.7 Å². The van der Waals surface area contributed by atoms with Gasteiger partial charge in [0.2, 0.25) is 0 Å². The number of benzene rings is 1. The highest BCUT2D eigenvalue weighted by molar-refractivity contribution is 5.96. The number of aliphatic carboxylic acids is 1. The third kappa shape index (κ3) is 7.08. The van der Waals surface area contributed by atoms with Gasteiger partial charge in [-0.25, -0.2) is 14.6 Å². The second-order valence-corrected chi connectivity index (χ2v) is 10.6. The van der Waals surface area contributed by atoms with Crippen LogP contribution in [0.25, 0.3) is 22.2 Å². The van der Waals surface area contributed by atoms with Crippen LogP contribution in [0.4, 0.5) is 10.6 Å². The van der Waals surface area contributed by atoms with Crippen LogP contribution in [0.5, 0.6) is 0 Å². The van der Waals surface area contributed by atoms with E-state index in [0.29, 0.717) is 24.5 Å². The van der Waals surface area contributed by atoms with Crippen molar-refractivity contribution in [2.45, 2.75) is 71.2 Å². The molecule has 1 saturated heterocycles. The molecule has 0 radical (unpaired) electrons.